The Morgan fingerprint density at radius 3 is 2.71 bits per heavy atom. The number of hydrogen-bond donors (Lipinski definition) is 3. The fourth-order valence-corrected chi connectivity index (χ4v) is 1.44. The quantitative estimate of drug-likeness (QED) is 0.707. The van der Waals surface area contributed by atoms with E-state index in [2.05, 4.69) is 20.3 Å². The van der Waals surface area contributed by atoms with Crippen molar-refractivity contribution in [2.45, 2.75) is 6.42 Å². The van der Waals surface area contributed by atoms with Crippen molar-refractivity contribution in [2.75, 3.05) is 17.6 Å². The van der Waals surface area contributed by atoms with Crippen LogP contribution in [0.5, 0.6) is 0 Å². The molecule has 1 aromatic heterocycles. The second-order valence-electron chi connectivity index (χ2n) is 3.52. The van der Waals surface area contributed by atoms with Crippen molar-refractivity contribution in [2.24, 2.45) is 0 Å². The molecule has 0 atom stereocenters. The molecule has 0 amide bonds. The van der Waals surface area contributed by atoms with Crippen molar-refractivity contribution >= 4 is 11.9 Å². The number of aromatic nitrogens is 3. The first-order valence-electron chi connectivity index (χ1n) is 5.26. The lowest BCUT2D eigenvalue weighted by Gasteiger charge is -2.04. The van der Waals surface area contributed by atoms with Gasteiger partial charge in [-0.25, -0.2) is 4.79 Å². The molecule has 0 spiro atoms. The molecule has 1 aromatic carbocycles. The van der Waals surface area contributed by atoms with Gasteiger partial charge in [-0.2, -0.15) is 9.97 Å². The van der Waals surface area contributed by atoms with Crippen LogP contribution in [0.2, 0.25) is 0 Å². The average Bonchev–Trinajstić information content (AvgIpc) is 2.29. The van der Waals surface area contributed by atoms with Crippen LogP contribution in [0.4, 0.5) is 11.9 Å². The second kappa shape index (κ2) is 5.11. The fraction of sp³-hybridized carbons (Fsp3) is 0.182. The Balaban J connectivity index is 1.92. The summed E-state index contributed by atoms with van der Waals surface area (Å²) in [6.45, 7) is 0.646. The van der Waals surface area contributed by atoms with Gasteiger partial charge >= 0.3 is 5.69 Å². The van der Waals surface area contributed by atoms with Crippen molar-refractivity contribution in [3.05, 3.63) is 46.4 Å². The Labute approximate surface area is 97.9 Å². The van der Waals surface area contributed by atoms with Gasteiger partial charge in [0.15, 0.2) is 0 Å². The summed E-state index contributed by atoms with van der Waals surface area (Å²) >= 11 is 0. The van der Waals surface area contributed by atoms with Gasteiger partial charge in [-0.3, -0.25) is 4.98 Å². The summed E-state index contributed by atoms with van der Waals surface area (Å²) < 4.78 is 0. The Hall–Kier alpha value is -2.37. The van der Waals surface area contributed by atoms with Gasteiger partial charge in [0.2, 0.25) is 11.9 Å². The summed E-state index contributed by atoms with van der Waals surface area (Å²) in [6.07, 6.45) is 0.830. The van der Waals surface area contributed by atoms with Crippen LogP contribution in [0.1, 0.15) is 5.56 Å². The highest BCUT2D eigenvalue weighted by atomic mass is 16.1. The Kier molecular flexibility index (Phi) is 3.34. The van der Waals surface area contributed by atoms with E-state index in [4.69, 9.17) is 5.73 Å². The van der Waals surface area contributed by atoms with Gasteiger partial charge in [0.05, 0.1) is 0 Å². The molecule has 2 aromatic rings. The SMILES string of the molecule is Nc1nc(NCCc2ccccc2)nc(=O)[nH]1. The van der Waals surface area contributed by atoms with E-state index in [-0.39, 0.29) is 11.9 Å². The van der Waals surface area contributed by atoms with Crippen molar-refractivity contribution < 1.29 is 0 Å². The maximum absolute atomic E-state index is 11.0. The van der Waals surface area contributed by atoms with E-state index in [0.717, 1.165) is 6.42 Å². The predicted octanol–water partition coefficient (Wildman–Crippen LogP) is 0.402. The van der Waals surface area contributed by atoms with Gasteiger partial charge in [-0.1, -0.05) is 30.3 Å². The maximum atomic E-state index is 11.0. The van der Waals surface area contributed by atoms with E-state index in [9.17, 15) is 4.79 Å². The minimum atomic E-state index is -0.500. The number of benzene rings is 1. The minimum Gasteiger partial charge on any atom is -0.369 e. The second-order valence-corrected chi connectivity index (χ2v) is 3.52. The number of rotatable bonds is 4. The number of nitrogens with one attached hydrogen (secondary N) is 2. The molecule has 1 heterocycles. The van der Waals surface area contributed by atoms with E-state index >= 15 is 0 Å². The molecule has 0 saturated heterocycles. The number of aromatic amines is 1. The Morgan fingerprint density at radius 2 is 2.00 bits per heavy atom. The van der Waals surface area contributed by atoms with Crippen LogP contribution in [-0.4, -0.2) is 21.5 Å². The summed E-state index contributed by atoms with van der Waals surface area (Å²) in [5.74, 6) is 0.314. The Morgan fingerprint density at radius 1 is 1.24 bits per heavy atom. The molecule has 0 unspecified atom stereocenters. The number of nitrogen functional groups attached to an aromatic ring is 1. The van der Waals surface area contributed by atoms with E-state index in [1.54, 1.807) is 0 Å². The van der Waals surface area contributed by atoms with Crippen LogP contribution in [0.25, 0.3) is 0 Å². The third kappa shape index (κ3) is 3.30. The van der Waals surface area contributed by atoms with Crippen LogP contribution < -0.4 is 16.7 Å². The molecule has 17 heavy (non-hydrogen) atoms. The number of hydrogen-bond acceptors (Lipinski definition) is 5. The molecule has 0 bridgehead atoms. The molecule has 2 rings (SSSR count). The molecule has 0 fully saturated rings. The van der Waals surface area contributed by atoms with Gasteiger partial charge in [0, 0.05) is 6.54 Å². The van der Waals surface area contributed by atoms with Gasteiger partial charge in [0.1, 0.15) is 0 Å². The van der Waals surface area contributed by atoms with Gasteiger partial charge < -0.3 is 11.1 Å². The zero-order valence-corrected chi connectivity index (χ0v) is 9.18. The van der Waals surface area contributed by atoms with Crippen LogP contribution in [-0.2, 0) is 6.42 Å². The summed E-state index contributed by atoms with van der Waals surface area (Å²) in [5.41, 5.74) is 6.10. The Bertz CT molecular complexity index is 537. The number of nitrogens with zero attached hydrogens (tertiary/aromatic N) is 2. The summed E-state index contributed by atoms with van der Waals surface area (Å²) in [4.78, 5) is 20.8. The number of nitrogens with two attached hydrogens (primary N) is 1. The summed E-state index contributed by atoms with van der Waals surface area (Å²) in [5, 5.41) is 2.95. The van der Waals surface area contributed by atoms with Gasteiger partial charge in [-0.15, -0.1) is 0 Å². The van der Waals surface area contributed by atoms with Crippen LogP contribution in [0.3, 0.4) is 0 Å². The number of anilines is 2. The van der Waals surface area contributed by atoms with E-state index < -0.39 is 5.69 Å². The number of H-pyrrole nitrogens is 1. The normalized spacial score (nSPS) is 10.1. The first kappa shape index (κ1) is 11.1. The first-order valence-corrected chi connectivity index (χ1v) is 5.26. The highest BCUT2D eigenvalue weighted by molar-refractivity contribution is 5.29. The van der Waals surface area contributed by atoms with Crippen molar-refractivity contribution in [1.82, 2.24) is 15.0 Å². The van der Waals surface area contributed by atoms with E-state index in [1.807, 2.05) is 30.3 Å². The first-order chi connectivity index (χ1) is 8.24. The minimum absolute atomic E-state index is 0.0622. The van der Waals surface area contributed by atoms with Gasteiger partial charge in [0.25, 0.3) is 0 Å². The van der Waals surface area contributed by atoms with E-state index in [1.165, 1.54) is 5.56 Å². The zero-order chi connectivity index (χ0) is 12.1. The largest absolute Gasteiger partial charge is 0.369 e. The molecule has 6 heteroatoms. The molecule has 88 valence electrons. The van der Waals surface area contributed by atoms with E-state index in [0.29, 0.717) is 6.54 Å². The monoisotopic (exact) mass is 231 g/mol. The van der Waals surface area contributed by atoms with Gasteiger partial charge in [-0.05, 0) is 12.0 Å². The smallest absolute Gasteiger partial charge is 0.350 e. The molecule has 0 aliphatic carbocycles. The highest BCUT2D eigenvalue weighted by Crippen LogP contribution is 2.00. The summed E-state index contributed by atoms with van der Waals surface area (Å²) in [7, 11) is 0. The van der Waals surface area contributed by atoms with Crippen molar-refractivity contribution in [3.8, 4) is 0 Å². The molecule has 0 saturated carbocycles. The maximum Gasteiger partial charge on any atom is 0.350 e. The standard InChI is InChI=1S/C11H13N5O/c12-9-14-10(16-11(17)15-9)13-7-6-8-4-2-1-3-5-8/h1-5H,6-7H2,(H4,12,13,14,15,16,17). The molecule has 0 radical (unpaired) electrons. The predicted molar refractivity (Wildman–Crippen MR) is 65.7 cm³/mol. The van der Waals surface area contributed by atoms with Crippen LogP contribution >= 0.6 is 0 Å². The third-order valence-corrected chi connectivity index (χ3v) is 2.21. The molecular weight excluding hydrogens is 218 g/mol. The molecule has 0 aliphatic heterocycles. The lowest BCUT2D eigenvalue weighted by Crippen LogP contribution is -2.18. The molecule has 4 N–H and O–H groups in total. The lowest BCUT2D eigenvalue weighted by atomic mass is 10.1. The average molecular weight is 231 g/mol. The van der Waals surface area contributed by atoms with Crippen molar-refractivity contribution in [1.29, 1.82) is 0 Å². The van der Waals surface area contributed by atoms with Crippen LogP contribution in [0, 0.1) is 0 Å². The summed E-state index contributed by atoms with van der Waals surface area (Å²) in [6, 6.07) is 10.0. The molecule has 0 aliphatic rings. The highest BCUT2D eigenvalue weighted by Gasteiger charge is 1.99. The molecular formula is C11H13N5O. The van der Waals surface area contributed by atoms with Crippen LogP contribution in [0.15, 0.2) is 35.1 Å². The van der Waals surface area contributed by atoms with Crippen molar-refractivity contribution in [3.63, 3.8) is 0 Å². The lowest BCUT2D eigenvalue weighted by molar-refractivity contribution is 0.945. The zero-order valence-electron chi connectivity index (χ0n) is 9.18. The third-order valence-electron chi connectivity index (χ3n) is 2.21. The molecule has 6 nitrogen and oxygen atoms in total. The topological polar surface area (TPSA) is 96.7 Å². The fourth-order valence-electron chi connectivity index (χ4n) is 1.44.